The van der Waals surface area contributed by atoms with Crippen molar-refractivity contribution < 1.29 is 42.9 Å². The van der Waals surface area contributed by atoms with Gasteiger partial charge in [-0.1, -0.05) is 455 Å². The predicted octanol–water partition coefficient (Wildman–Crippen LogP) is 29.8. The maximum atomic E-state index is 13.0. The Morgan fingerprint density at radius 3 is 0.784 bits per heavy atom. The van der Waals surface area contributed by atoms with E-state index in [0.29, 0.717) is 17.4 Å². The quantitative estimate of drug-likeness (QED) is 0.0211. The normalized spacial score (nSPS) is 12.7. The lowest BCUT2D eigenvalue weighted by atomic mass is 10.0. The Balaban J connectivity index is 3.88. The lowest BCUT2D eigenvalue weighted by Gasteiger charge is -2.25. The van der Waals surface area contributed by atoms with Crippen LogP contribution < -0.4 is 0 Å². The van der Waals surface area contributed by atoms with E-state index in [2.05, 4.69) is 50.3 Å². The average molecular weight is 1440 g/mol. The third-order valence-electron chi connectivity index (χ3n) is 21.1. The highest BCUT2D eigenvalue weighted by molar-refractivity contribution is 5.71. The van der Waals surface area contributed by atoms with Gasteiger partial charge in [-0.2, -0.15) is 0 Å². The number of unbranched alkanes of at least 4 members (excludes halogenated alkanes) is 66. The first-order valence-electron chi connectivity index (χ1n) is 45.7. The summed E-state index contributed by atoms with van der Waals surface area (Å²) >= 11 is 0. The minimum Gasteiger partial charge on any atom is -0.477 e. The van der Waals surface area contributed by atoms with Crippen LogP contribution in [0, 0.1) is 0 Å². The van der Waals surface area contributed by atoms with Gasteiger partial charge in [0.25, 0.3) is 6.29 Å². The number of allylic oxidation sites excluding steroid dienone is 6. The molecule has 0 aromatic rings. The summed E-state index contributed by atoms with van der Waals surface area (Å²) in [7, 11) is 6.01. The lowest BCUT2D eigenvalue weighted by molar-refractivity contribution is -0.870. The Bertz CT molecular complexity index is 1770. The summed E-state index contributed by atoms with van der Waals surface area (Å²) in [6, 6.07) is 0. The third-order valence-corrected chi connectivity index (χ3v) is 21.1. The molecule has 0 aromatic heterocycles. The second kappa shape index (κ2) is 84.1. The summed E-state index contributed by atoms with van der Waals surface area (Å²) in [4.78, 5) is 37.8. The lowest BCUT2D eigenvalue weighted by Crippen LogP contribution is -2.40. The number of aliphatic carboxylic acids is 1. The molecule has 2 unspecified atom stereocenters. The molecule has 602 valence electrons. The molecule has 0 spiro atoms. The second-order valence-corrected chi connectivity index (χ2v) is 32.6. The molecule has 0 aliphatic rings. The summed E-state index contributed by atoms with van der Waals surface area (Å²) in [5, 5.41) is 9.80. The van der Waals surface area contributed by atoms with Gasteiger partial charge in [0.2, 0.25) is 0 Å². The maximum Gasteiger partial charge on any atom is 0.361 e. The molecule has 0 saturated carbocycles. The largest absolute Gasteiger partial charge is 0.477 e. The van der Waals surface area contributed by atoms with Crippen LogP contribution in [0.1, 0.15) is 483 Å². The van der Waals surface area contributed by atoms with E-state index in [1.54, 1.807) is 0 Å². The van der Waals surface area contributed by atoms with Crippen LogP contribution in [0.2, 0.25) is 0 Å². The Kier molecular flexibility index (Phi) is 82.1. The zero-order chi connectivity index (χ0) is 73.9. The monoisotopic (exact) mass is 1440 g/mol. The van der Waals surface area contributed by atoms with Crippen LogP contribution in [0.15, 0.2) is 36.5 Å². The molecular formula is C93H178NO8+. The smallest absolute Gasteiger partial charge is 0.361 e. The standard InChI is InChI=1S/C93H177NO8/c1-6-8-10-12-14-16-18-20-22-24-26-28-30-32-34-36-38-40-42-44-46-48-50-52-54-56-58-60-62-64-66-68-70-72-74-76-78-80-82-84-91(96)102-89(88-101-93(92(97)98)99-86-85-94(3,4)5)87-100-90(95)83-81-79-77-75-73-71-69-67-65-63-61-59-57-55-53-51-49-47-45-43-41-39-37-35-33-31-29-27-25-23-21-19-17-15-13-11-9-7-2/h18,20,24,26,30,32,89,93H,6-17,19,21-23,25,27-29,31,33-88H2,1-5H3/p+1/b20-18-,26-24-,32-30-. The van der Waals surface area contributed by atoms with E-state index in [4.69, 9.17) is 18.9 Å². The number of ether oxygens (including phenoxy) is 4. The molecule has 0 aliphatic carbocycles. The molecule has 9 heteroatoms. The van der Waals surface area contributed by atoms with E-state index in [-0.39, 0.29) is 38.2 Å². The van der Waals surface area contributed by atoms with Crippen molar-refractivity contribution in [3.8, 4) is 0 Å². The molecule has 102 heavy (non-hydrogen) atoms. The van der Waals surface area contributed by atoms with Gasteiger partial charge in [-0.15, -0.1) is 0 Å². The van der Waals surface area contributed by atoms with Gasteiger partial charge >= 0.3 is 17.9 Å². The fourth-order valence-corrected chi connectivity index (χ4v) is 14.2. The number of carboxylic acids is 1. The molecule has 2 atom stereocenters. The maximum absolute atomic E-state index is 13.0. The van der Waals surface area contributed by atoms with Crippen molar-refractivity contribution in [1.29, 1.82) is 0 Å². The predicted molar refractivity (Wildman–Crippen MR) is 443 cm³/mol. The number of hydrogen-bond donors (Lipinski definition) is 1. The minimum absolute atomic E-state index is 0.174. The van der Waals surface area contributed by atoms with E-state index < -0.39 is 18.4 Å². The highest BCUT2D eigenvalue weighted by Crippen LogP contribution is 2.21. The summed E-state index contributed by atoms with van der Waals surface area (Å²) < 4.78 is 23.1. The Morgan fingerprint density at radius 2 is 0.529 bits per heavy atom. The number of carboxylic acid groups (broad SMARTS) is 1. The van der Waals surface area contributed by atoms with Gasteiger partial charge in [-0.3, -0.25) is 9.59 Å². The number of carbonyl (C=O) groups excluding carboxylic acids is 2. The van der Waals surface area contributed by atoms with Gasteiger partial charge < -0.3 is 28.5 Å². The zero-order valence-electron chi connectivity index (χ0n) is 69.3. The first-order valence-corrected chi connectivity index (χ1v) is 45.7. The number of nitrogens with zero attached hydrogens (tertiary/aromatic N) is 1. The Labute approximate surface area is 636 Å². The van der Waals surface area contributed by atoms with Gasteiger partial charge in [-0.25, -0.2) is 4.79 Å². The number of rotatable bonds is 87. The van der Waals surface area contributed by atoms with Crippen LogP contribution in [-0.2, 0) is 33.3 Å². The van der Waals surface area contributed by atoms with E-state index in [0.717, 1.165) is 51.4 Å². The summed E-state index contributed by atoms with van der Waals surface area (Å²) in [5.74, 6) is -1.96. The van der Waals surface area contributed by atoms with Crippen LogP contribution in [0.3, 0.4) is 0 Å². The van der Waals surface area contributed by atoms with Gasteiger partial charge in [0.15, 0.2) is 6.10 Å². The van der Waals surface area contributed by atoms with Crippen molar-refractivity contribution in [3.05, 3.63) is 36.5 Å². The SMILES string of the molecule is CCCCCCC/C=C\C/C=C\C/C=C\CCCCCCCCCCCCCCCCCCCCCCCCCCC(=O)OC(COC(=O)CCCCCCCCCCCCCCCCCCCCCCCCCCCCCCCCCCCCCCCC)COC(OCC[N+](C)(C)C)C(=O)O. The molecule has 0 aromatic carbocycles. The highest BCUT2D eigenvalue weighted by atomic mass is 16.7. The first kappa shape index (κ1) is 99.5. The van der Waals surface area contributed by atoms with Crippen molar-refractivity contribution in [2.75, 3.05) is 47.5 Å². The number of likely N-dealkylation sites (N-methyl/N-ethyl adjacent to an activating group) is 1. The fraction of sp³-hybridized carbons (Fsp3) is 0.903. The average Bonchev–Trinajstić information content (AvgIpc) is 0.997. The molecule has 0 rings (SSSR count). The van der Waals surface area contributed by atoms with E-state index >= 15 is 0 Å². The highest BCUT2D eigenvalue weighted by Gasteiger charge is 2.25. The van der Waals surface area contributed by atoms with Crippen LogP contribution in [0.4, 0.5) is 0 Å². The summed E-state index contributed by atoms with van der Waals surface area (Å²) in [5.41, 5.74) is 0. The zero-order valence-corrected chi connectivity index (χ0v) is 69.3. The molecule has 0 radical (unpaired) electrons. The van der Waals surface area contributed by atoms with Crippen molar-refractivity contribution >= 4 is 17.9 Å². The molecule has 1 N–H and O–H groups in total. The van der Waals surface area contributed by atoms with Crippen LogP contribution >= 0.6 is 0 Å². The van der Waals surface area contributed by atoms with Gasteiger partial charge in [-0.05, 0) is 51.4 Å². The second-order valence-electron chi connectivity index (χ2n) is 32.6. The van der Waals surface area contributed by atoms with E-state index in [9.17, 15) is 19.5 Å². The number of quaternary nitrogens is 1. The molecule has 9 nitrogen and oxygen atoms in total. The van der Waals surface area contributed by atoms with E-state index in [1.807, 2.05) is 21.1 Å². The van der Waals surface area contributed by atoms with Crippen molar-refractivity contribution in [3.63, 3.8) is 0 Å². The molecule has 0 aliphatic heterocycles. The van der Waals surface area contributed by atoms with Crippen LogP contribution in [-0.4, -0.2) is 87.4 Å². The van der Waals surface area contributed by atoms with Crippen molar-refractivity contribution in [2.45, 2.75) is 495 Å². The van der Waals surface area contributed by atoms with Gasteiger partial charge in [0.1, 0.15) is 13.2 Å². The van der Waals surface area contributed by atoms with Gasteiger partial charge in [0, 0.05) is 12.8 Å². The van der Waals surface area contributed by atoms with Crippen LogP contribution in [0.25, 0.3) is 0 Å². The first-order chi connectivity index (χ1) is 50.1. The number of hydrogen-bond acceptors (Lipinski definition) is 7. The van der Waals surface area contributed by atoms with Crippen molar-refractivity contribution in [1.82, 2.24) is 0 Å². The van der Waals surface area contributed by atoms with Crippen molar-refractivity contribution in [2.24, 2.45) is 0 Å². The number of carbonyl (C=O) groups is 3. The summed E-state index contributed by atoms with van der Waals surface area (Å²) in [6.45, 7) is 4.96. The molecule has 0 bridgehead atoms. The van der Waals surface area contributed by atoms with Gasteiger partial charge in [0.05, 0.1) is 34.4 Å². The molecule has 0 saturated heterocycles. The fourth-order valence-electron chi connectivity index (χ4n) is 14.2. The molecule has 0 heterocycles. The van der Waals surface area contributed by atoms with E-state index in [1.165, 1.54) is 405 Å². The molecule has 0 fully saturated rings. The Hall–Kier alpha value is -2.49. The van der Waals surface area contributed by atoms with Crippen LogP contribution in [0.5, 0.6) is 0 Å². The molecular weight excluding hydrogens is 1260 g/mol. The third kappa shape index (κ3) is 84.8. The topological polar surface area (TPSA) is 108 Å². The molecule has 0 amide bonds. The summed E-state index contributed by atoms with van der Waals surface area (Å²) in [6.07, 6.45) is 108. The minimum atomic E-state index is -1.51. The number of esters is 2. The Morgan fingerprint density at radius 1 is 0.294 bits per heavy atom.